The van der Waals surface area contributed by atoms with Gasteiger partial charge in [-0.25, -0.2) is 0 Å². The summed E-state index contributed by atoms with van der Waals surface area (Å²) >= 11 is 0. The van der Waals surface area contributed by atoms with Crippen LogP contribution >= 0.6 is 0 Å². The van der Waals surface area contributed by atoms with Crippen molar-refractivity contribution in [3.05, 3.63) is 35.4 Å². The maximum Gasteiger partial charge on any atom is 0.313 e. The molecule has 1 aromatic rings. The summed E-state index contributed by atoms with van der Waals surface area (Å²) in [5.74, 6) is -0.166. The van der Waals surface area contributed by atoms with E-state index in [2.05, 4.69) is 33.8 Å². The van der Waals surface area contributed by atoms with E-state index in [-0.39, 0.29) is 11.3 Å². The van der Waals surface area contributed by atoms with Crippen molar-refractivity contribution >= 4 is 13.8 Å². The molecule has 0 spiro atoms. The quantitative estimate of drug-likeness (QED) is 0.670. The number of carbonyl (C=O) groups excluding carboxylic acids is 1. The van der Waals surface area contributed by atoms with Crippen molar-refractivity contribution in [2.24, 2.45) is 11.1 Å². The molecule has 0 fully saturated rings. The van der Waals surface area contributed by atoms with E-state index < -0.39 is 11.0 Å². The van der Waals surface area contributed by atoms with Crippen LogP contribution in [0, 0.1) is 5.41 Å². The van der Waals surface area contributed by atoms with Crippen molar-refractivity contribution < 1.29 is 9.53 Å². The molecule has 0 amide bonds. The maximum atomic E-state index is 12.8. The van der Waals surface area contributed by atoms with Crippen LogP contribution < -0.4 is 5.73 Å². The van der Waals surface area contributed by atoms with Crippen LogP contribution in [0.5, 0.6) is 0 Å². The van der Waals surface area contributed by atoms with Crippen molar-refractivity contribution in [1.82, 2.24) is 0 Å². The fraction of sp³-hybridized carbons (Fsp3) is 0.611. The predicted octanol–water partition coefficient (Wildman–Crippen LogP) is 2.27. The van der Waals surface area contributed by atoms with Gasteiger partial charge in [0.25, 0.3) is 0 Å². The molecule has 0 aromatic heterocycles. The van der Waals surface area contributed by atoms with E-state index >= 15 is 0 Å². The first-order valence-electron chi connectivity index (χ1n) is 8.07. The third-order valence-corrected chi connectivity index (χ3v) is 4.45. The summed E-state index contributed by atoms with van der Waals surface area (Å²) in [7, 11) is 2.13. The molecule has 0 radical (unpaired) electrons. The first kappa shape index (κ1) is 17.1. The van der Waals surface area contributed by atoms with Crippen LogP contribution in [0.25, 0.3) is 0 Å². The Balaban J connectivity index is 2.12. The maximum absolute atomic E-state index is 12.8. The van der Waals surface area contributed by atoms with E-state index in [0.717, 1.165) is 19.3 Å². The van der Waals surface area contributed by atoms with Gasteiger partial charge in [0.05, 0.1) is 5.41 Å². The lowest BCUT2D eigenvalue weighted by Gasteiger charge is -2.36. The average Bonchev–Trinajstić information content (AvgIpc) is 2.72. The number of rotatable bonds is 5. The number of ether oxygens (including phenoxy) is 1. The van der Waals surface area contributed by atoms with Crippen molar-refractivity contribution in [3.63, 3.8) is 0 Å². The second-order valence-electron chi connectivity index (χ2n) is 8.46. The summed E-state index contributed by atoms with van der Waals surface area (Å²) < 4.78 is 5.96. The monoisotopic (exact) mass is 301 g/mol. The number of esters is 1. The van der Waals surface area contributed by atoms with Crippen LogP contribution in [-0.4, -0.2) is 26.0 Å². The Kier molecular flexibility index (Phi) is 4.45. The van der Waals surface area contributed by atoms with Gasteiger partial charge in [0.2, 0.25) is 0 Å². The normalized spacial score (nSPS) is 19.3. The fourth-order valence-corrected chi connectivity index (χ4v) is 3.59. The van der Waals surface area contributed by atoms with Crippen LogP contribution in [-0.2, 0) is 22.4 Å². The number of nitrogens with two attached hydrogens (primary N) is 1. The number of fused-ring (bicyclic) bond motifs is 1. The molecule has 1 aliphatic carbocycles. The van der Waals surface area contributed by atoms with Crippen LogP contribution in [0.3, 0.4) is 0 Å². The van der Waals surface area contributed by atoms with Crippen LogP contribution in [0.2, 0.25) is 5.31 Å². The molecule has 0 saturated heterocycles. The Morgan fingerprint density at radius 1 is 1.27 bits per heavy atom. The van der Waals surface area contributed by atoms with Crippen molar-refractivity contribution in [2.75, 3.05) is 6.54 Å². The van der Waals surface area contributed by atoms with E-state index in [9.17, 15) is 4.79 Å². The summed E-state index contributed by atoms with van der Waals surface area (Å²) in [4.78, 5) is 12.8. The molecule has 0 aliphatic heterocycles. The van der Waals surface area contributed by atoms with E-state index in [1.54, 1.807) is 0 Å². The van der Waals surface area contributed by atoms with Gasteiger partial charge < -0.3 is 10.5 Å². The standard InChI is InChI=1S/C18H28BNO2/c1-16(2,19)11-17(3,12-20)15(21)22-18(4)9-13-7-5-6-8-14(13)10-18/h5-8H,9-12,19-20H2,1-4H3. The zero-order valence-corrected chi connectivity index (χ0v) is 14.5. The summed E-state index contributed by atoms with van der Waals surface area (Å²) in [5, 5.41) is 0.0344. The first-order chi connectivity index (χ1) is 10.1. The van der Waals surface area contributed by atoms with Crippen LogP contribution in [0.15, 0.2) is 24.3 Å². The molecule has 4 heteroatoms. The second kappa shape index (κ2) is 5.73. The minimum Gasteiger partial charge on any atom is -0.458 e. The fourth-order valence-electron chi connectivity index (χ4n) is 3.59. The Hall–Kier alpha value is -1.29. The van der Waals surface area contributed by atoms with Gasteiger partial charge >= 0.3 is 5.97 Å². The Labute approximate surface area is 135 Å². The van der Waals surface area contributed by atoms with Gasteiger partial charge in [0.15, 0.2) is 0 Å². The van der Waals surface area contributed by atoms with Gasteiger partial charge in [-0.3, -0.25) is 4.79 Å². The highest BCUT2D eigenvalue weighted by atomic mass is 16.6. The molecule has 3 nitrogen and oxygen atoms in total. The third-order valence-electron chi connectivity index (χ3n) is 4.45. The highest BCUT2D eigenvalue weighted by Crippen LogP contribution is 2.39. The molecule has 1 atom stereocenters. The van der Waals surface area contributed by atoms with Gasteiger partial charge in [-0.05, 0) is 31.4 Å². The first-order valence-corrected chi connectivity index (χ1v) is 8.07. The topological polar surface area (TPSA) is 52.3 Å². The van der Waals surface area contributed by atoms with Crippen molar-refractivity contribution in [1.29, 1.82) is 0 Å². The zero-order valence-electron chi connectivity index (χ0n) is 14.5. The molecule has 0 heterocycles. The summed E-state index contributed by atoms with van der Waals surface area (Å²) in [6, 6.07) is 8.31. The third kappa shape index (κ3) is 3.72. The molecule has 1 unspecified atom stereocenters. The second-order valence-corrected chi connectivity index (χ2v) is 8.46. The van der Waals surface area contributed by atoms with Crippen molar-refractivity contribution in [2.45, 2.75) is 57.9 Å². The average molecular weight is 301 g/mol. The highest BCUT2D eigenvalue weighted by molar-refractivity contribution is 6.14. The van der Waals surface area contributed by atoms with E-state index in [1.807, 2.05) is 26.0 Å². The Morgan fingerprint density at radius 2 is 1.77 bits per heavy atom. The molecule has 2 rings (SSSR count). The number of carbonyl (C=O) groups is 1. The molecular formula is C18H28BNO2. The van der Waals surface area contributed by atoms with Crippen LogP contribution in [0.1, 0.15) is 45.2 Å². The van der Waals surface area contributed by atoms with E-state index in [1.165, 1.54) is 11.1 Å². The van der Waals surface area contributed by atoms with Gasteiger partial charge in [0.1, 0.15) is 13.4 Å². The molecule has 0 bridgehead atoms. The van der Waals surface area contributed by atoms with Crippen LogP contribution in [0.4, 0.5) is 0 Å². The largest absolute Gasteiger partial charge is 0.458 e. The lowest BCUT2D eigenvalue weighted by atomic mass is 9.63. The number of hydrogen-bond acceptors (Lipinski definition) is 3. The Bertz CT molecular complexity index is 539. The van der Waals surface area contributed by atoms with E-state index in [4.69, 9.17) is 10.5 Å². The number of benzene rings is 1. The lowest BCUT2D eigenvalue weighted by Crippen LogP contribution is -2.44. The summed E-state index contributed by atoms with van der Waals surface area (Å²) in [6.45, 7) is 8.51. The molecule has 0 saturated carbocycles. The summed E-state index contributed by atoms with van der Waals surface area (Å²) in [6.07, 6.45) is 2.29. The predicted molar refractivity (Wildman–Crippen MR) is 92.7 cm³/mol. The molecule has 2 N–H and O–H groups in total. The Morgan fingerprint density at radius 3 is 2.18 bits per heavy atom. The molecule has 1 aromatic carbocycles. The van der Waals surface area contributed by atoms with Gasteiger partial charge in [-0.1, -0.05) is 43.4 Å². The summed E-state index contributed by atoms with van der Waals surface area (Å²) in [5.41, 5.74) is 7.40. The number of hydrogen-bond donors (Lipinski definition) is 1. The minimum absolute atomic E-state index is 0.0344. The molecule has 22 heavy (non-hydrogen) atoms. The van der Waals surface area contributed by atoms with Gasteiger partial charge in [0, 0.05) is 19.4 Å². The smallest absolute Gasteiger partial charge is 0.313 e. The van der Waals surface area contributed by atoms with Crippen molar-refractivity contribution in [3.8, 4) is 0 Å². The lowest BCUT2D eigenvalue weighted by molar-refractivity contribution is -0.169. The highest BCUT2D eigenvalue weighted by Gasteiger charge is 2.43. The molecular weight excluding hydrogens is 273 g/mol. The van der Waals surface area contributed by atoms with Gasteiger partial charge in [-0.2, -0.15) is 0 Å². The minimum atomic E-state index is -0.629. The molecule has 1 aliphatic rings. The van der Waals surface area contributed by atoms with Gasteiger partial charge in [-0.15, -0.1) is 0 Å². The SMILES string of the molecule is BC(C)(C)CC(C)(CN)C(=O)OC1(C)Cc2ccccc2C1. The van der Waals surface area contributed by atoms with E-state index in [0.29, 0.717) is 6.54 Å². The molecule has 120 valence electrons. The zero-order chi connectivity index (χ0) is 16.6.